The highest BCUT2D eigenvalue weighted by Crippen LogP contribution is 2.35. The topological polar surface area (TPSA) is 127 Å². The molecule has 11 nitrogen and oxygen atoms in total. The standard InChI is InChI=1S/C21H27N5O.C20H27BrN4O/c1-8-15-12-23-20(25-18(15)26(7)13-21(3,4)5)24-17-11-16(19(27)22-6)10-9-14(17)2;1-13-7-8-14(19(26)22-5)11-15(13)24-18-17(21)16(9-10-23-18)25(6)12-20(2,3)4/h1,9-12H,13H2,2-7H3,(H,22,27)(H,23,24,25);7-11H,12H2,1-6H3,(H,22,26)(H,23,24). The van der Waals surface area contributed by atoms with Crippen LogP contribution in [0.3, 0.4) is 0 Å². The molecule has 0 saturated heterocycles. The van der Waals surface area contributed by atoms with Crippen molar-refractivity contribution < 1.29 is 9.59 Å². The van der Waals surface area contributed by atoms with Crippen molar-refractivity contribution in [2.75, 3.05) is 61.7 Å². The molecule has 2 aromatic heterocycles. The fourth-order valence-electron chi connectivity index (χ4n) is 5.56. The summed E-state index contributed by atoms with van der Waals surface area (Å²) in [6, 6.07) is 13.0. The normalized spacial score (nSPS) is 11.0. The van der Waals surface area contributed by atoms with E-state index in [9.17, 15) is 9.59 Å². The first-order valence-corrected chi connectivity index (χ1v) is 18.2. The first-order chi connectivity index (χ1) is 24.8. The number of aryl methyl sites for hydroxylation is 2. The minimum atomic E-state index is -0.146. The van der Waals surface area contributed by atoms with Crippen molar-refractivity contribution in [2.24, 2.45) is 10.8 Å². The Kier molecular flexibility index (Phi) is 14.4. The zero-order valence-electron chi connectivity index (χ0n) is 33.1. The molecule has 0 atom stereocenters. The van der Waals surface area contributed by atoms with Crippen LogP contribution in [0.5, 0.6) is 0 Å². The minimum absolute atomic E-state index is 0.0948. The van der Waals surface area contributed by atoms with Crippen molar-refractivity contribution in [1.82, 2.24) is 25.6 Å². The average molecular weight is 785 g/mol. The Labute approximate surface area is 323 Å². The highest BCUT2D eigenvalue weighted by atomic mass is 79.9. The number of benzene rings is 2. The number of carbonyl (C=O) groups excluding carboxylic acids is 2. The number of hydrogen-bond donors (Lipinski definition) is 4. The molecule has 0 saturated carbocycles. The Bertz CT molecular complexity index is 1960. The Morgan fingerprint density at radius 3 is 1.79 bits per heavy atom. The molecule has 0 fully saturated rings. The van der Waals surface area contributed by atoms with E-state index in [0.717, 1.165) is 51.6 Å². The molecule has 2 amide bonds. The van der Waals surface area contributed by atoms with Crippen molar-refractivity contribution >= 4 is 62.4 Å². The second-order valence-electron chi connectivity index (χ2n) is 15.4. The zero-order chi connectivity index (χ0) is 39.7. The van der Waals surface area contributed by atoms with Crippen LogP contribution < -0.4 is 31.1 Å². The smallest absolute Gasteiger partial charge is 0.251 e. The van der Waals surface area contributed by atoms with E-state index in [0.29, 0.717) is 28.5 Å². The SMILES string of the molecule is C#Cc1cnc(Nc2cc(C(=O)NC)ccc2C)nc1N(C)CC(C)(C)C.CNC(=O)c1ccc(C)c(Nc2nccc(N(C)CC(C)(C)C)c2Br)c1. The second-order valence-corrected chi connectivity index (χ2v) is 16.2. The van der Waals surface area contributed by atoms with E-state index < -0.39 is 0 Å². The molecule has 0 aliphatic heterocycles. The predicted molar refractivity (Wildman–Crippen MR) is 223 cm³/mol. The number of amides is 2. The minimum Gasteiger partial charge on any atom is -0.373 e. The van der Waals surface area contributed by atoms with Crippen LogP contribution in [0.1, 0.15) is 78.9 Å². The third kappa shape index (κ3) is 12.2. The summed E-state index contributed by atoms with van der Waals surface area (Å²) < 4.78 is 0.900. The summed E-state index contributed by atoms with van der Waals surface area (Å²) in [4.78, 5) is 41.5. The summed E-state index contributed by atoms with van der Waals surface area (Å²) in [5.41, 5.74) is 6.82. The van der Waals surface area contributed by atoms with E-state index in [1.54, 1.807) is 38.6 Å². The summed E-state index contributed by atoms with van der Waals surface area (Å²) in [6.07, 6.45) is 9.06. The van der Waals surface area contributed by atoms with Gasteiger partial charge in [0, 0.05) is 70.0 Å². The fraction of sp³-hybridized carbons (Fsp3) is 0.390. The summed E-state index contributed by atoms with van der Waals surface area (Å²) in [5.74, 6) is 4.24. The van der Waals surface area contributed by atoms with Gasteiger partial charge < -0.3 is 31.1 Å². The fourth-order valence-corrected chi connectivity index (χ4v) is 6.19. The van der Waals surface area contributed by atoms with E-state index in [4.69, 9.17) is 6.42 Å². The maximum absolute atomic E-state index is 11.9. The van der Waals surface area contributed by atoms with E-state index in [1.165, 1.54) is 0 Å². The number of hydrogen-bond acceptors (Lipinski definition) is 9. The van der Waals surface area contributed by atoms with E-state index in [-0.39, 0.29) is 22.6 Å². The van der Waals surface area contributed by atoms with E-state index in [1.807, 2.05) is 56.1 Å². The van der Waals surface area contributed by atoms with Crippen LogP contribution in [-0.4, -0.2) is 68.0 Å². The number of carbonyl (C=O) groups is 2. The molecule has 4 N–H and O–H groups in total. The molecule has 0 unspecified atom stereocenters. The molecule has 282 valence electrons. The summed E-state index contributed by atoms with van der Waals surface area (Å²) >= 11 is 3.69. The molecule has 2 aromatic carbocycles. The first kappa shape index (κ1) is 42.3. The number of nitrogens with one attached hydrogen (secondary N) is 4. The Morgan fingerprint density at radius 2 is 1.30 bits per heavy atom. The largest absolute Gasteiger partial charge is 0.373 e. The first-order valence-electron chi connectivity index (χ1n) is 17.4. The number of rotatable bonds is 10. The molecule has 4 rings (SSSR count). The second kappa shape index (κ2) is 18.1. The summed E-state index contributed by atoms with van der Waals surface area (Å²) in [6.45, 7) is 18.8. The van der Waals surface area contributed by atoms with E-state index in [2.05, 4.69) is 112 Å². The Hall–Kier alpha value is -5.15. The summed E-state index contributed by atoms with van der Waals surface area (Å²) in [7, 11) is 7.28. The van der Waals surface area contributed by atoms with Gasteiger partial charge in [0.15, 0.2) is 0 Å². The number of halogens is 1. The van der Waals surface area contributed by atoms with Gasteiger partial charge in [-0.2, -0.15) is 4.98 Å². The Morgan fingerprint density at radius 1 is 0.792 bits per heavy atom. The van der Waals surface area contributed by atoms with Crippen LogP contribution in [0, 0.1) is 37.0 Å². The molecular formula is C41H54BrN9O2. The van der Waals surface area contributed by atoms with Crippen LogP contribution in [-0.2, 0) is 0 Å². The van der Waals surface area contributed by atoms with Crippen molar-refractivity contribution in [3.05, 3.63) is 87.1 Å². The molecule has 12 heteroatoms. The van der Waals surface area contributed by atoms with E-state index >= 15 is 0 Å². The quantitative estimate of drug-likeness (QED) is 0.118. The maximum Gasteiger partial charge on any atom is 0.251 e. The van der Waals surface area contributed by atoms with Gasteiger partial charge in [0.2, 0.25) is 5.95 Å². The number of nitrogens with zero attached hydrogens (tertiary/aromatic N) is 5. The number of terminal acetylenes is 1. The van der Waals surface area contributed by atoms with Crippen molar-refractivity contribution in [3.8, 4) is 12.3 Å². The predicted octanol–water partition coefficient (Wildman–Crippen LogP) is 8.09. The number of aromatic nitrogens is 3. The number of anilines is 6. The monoisotopic (exact) mass is 783 g/mol. The van der Waals surface area contributed by atoms with Gasteiger partial charge in [-0.25, -0.2) is 9.97 Å². The van der Waals surface area contributed by atoms with Crippen molar-refractivity contribution in [3.63, 3.8) is 0 Å². The lowest BCUT2D eigenvalue weighted by atomic mass is 9.96. The van der Waals surface area contributed by atoms with Gasteiger partial charge in [0.25, 0.3) is 11.8 Å². The van der Waals surface area contributed by atoms with Crippen molar-refractivity contribution in [1.29, 1.82) is 0 Å². The van der Waals surface area contributed by atoms with Crippen LogP contribution in [0.25, 0.3) is 0 Å². The lowest BCUT2D eigenvalue weighted by Gasteiger charge is -2.29. The van der Waals surface area contributed by atoms with Gasteiger partial charge in [-0.1, -0.05) is 59.6 Å². The zero-order valence-corrected chi connectivity index (χ0v) is 34.7. The molecule has 0 bridgehead atoms. The van der Waals surface area contributed by atoms with Crippen LogP contribution in [0.4, 0.5) is 34.6 Å². The van der Waals surface area contributed by atoms with Crippen LogP contribution in [0.15, 0.2) is 59.3 Å². The molecule has 2 heterocycles. The molecule has 0 aliphatic carbocycles. The molecular weight excluding hydrogens is 730 g/mol. The third-order valence-corrected chi connectivity index (χ3v) is 8.72. The third-order valence-electron chi connectivity index (χ3n) is 7.94. The van der Waals surface area contributed by atoms with Gasteiger partial charge >= 0.3 is 0 Å². The molecule has 0 spiro atoms. The van der Waals surface area contributed by atoms with Gasteiger partial charge in [-0.05, 0) is 82.1 Å². The Balaban J connectivity index is 0.000000286. The van der Waals surface area contributed by atoms with Gasteiger partial charge in [0.1, 0.15) is 11.6 Å². The van der Waals surface area contributed by atoms with Gasteiger partial charge in [0.05, 0.1) is 21.9 Å². The highest BCUT2D eigenvalue weighted by molar-refractivity contribution is 9.10. The number of pyridine rings is 1. The van der Waals surface area contributed by atoms with Crippen molar-refractivity contribution in [2.45, 2.75) is 55.4 Å². The highest BCUT2D eigenvalue weighted by Gasteiger charge is 2.20. The summed E-state index contributed by atoms with van der Waals surface area (Å²) in [5, 5.41) is 11.8. The molecule has 0 radical (unpaired) electrons. The molecule has 4 aromatic rings. The molecule has 0 aliphatic rings. The lowest BCUT2D eigenvalue weighted by Crippen LogP contribution is -2.30. The molecule has 53 heavy (non-hydrogen) atoms. The maximum atomic E-state index is 11.9. The van der Waals surface area contributed by atoms with Crippen LogP contribution in [0.2, 0.25) is 0 Å². The van der Waals surface area contributed by atoms with Crippen LogP contribution >= 0.6 is 15.9 Å². The lowest BCUT2D eigenvalue weighted by molar-refractivity contribution is 0.0955. The van der Waals surface area contributed by atoms with Gasteiger partial charge in [-0.3, -0.25) is 9.59 Å². The van der Waals surface area contributed by atoms with Gasteiger partial charge in [-0.15, -0.1) is 6.42 Å². The average Bonchev–Trinajstić information content (AvgIpc) is 3.09.